The molecule has 0 amide bonds. The van der Waals surface area contributed by atoms with Gasteiger partial charge in [-0.1, -0.05) is 19.1 Å². The van der Waals surface area contributed by atoms with Crippen molar-refractivity contribution < 1.29 is 13.5 Å². The second kappa shape index (κ2) is 6.43. The van der Waals surface area contributed by atoms with Gasteiger partial charge in [-0.3, -0.25) is 4.79 Å². The topological polar surface area (TPSA) is 31.2 Å². The average Bonchev–Trinajstić information content (AvgIpc) is 2.58. The van der Waals surface area contributed by atoms with Crippen LogP contribution in [0.3, 0.4) is 0 Å². The Morgan fingerprint density at radius 1 is 1.12 bits per heavy atom. The number of halogens is 2. The van der Waals surface area contributed by atoms with Crippen LogP contribution in [0, 0.1) is 11.6 Å². The van der Waals surface area contributed by atoms with Gasteiger partial charge in [-0.15, -0.1) is 0 Å². The van der Waals surface area contributed by atoms with Crippen molar-refractivity contribution in [3.05, 3.63) is 64.5 Å². The van der Waals surface area contributed by atoms with E-state index in [4.69, 9.17) is 4.74 Å². The Hall–Kier alpha value is -2.69. The van der Waals surface area contributed by atoms with Crippen molar-refractivity contribution in [1.82, 2.24) is 4.57 Å². The lowest BCUT2D eigenvalue weighted by Crippen LogP contribution is -2.11. The molecular weight excluding hydrogens is 312 g/mol. The first-order valence-electron chi connectivity index (χ1n) is 7.72. The Morgan fingerprint density at radius 2 is 1.83 bits per heavy atom. The molecule has 3 nitrogen and oxygen atoms in total. The van der Waals surface area contributed by atoms with Gasteiger partial charge in [0.1, 0.15) is 11.6 Å². The second-order valence-electron chi connectivity index (χ2n) is 5.55. The molecule has 0 saturated heterocycles. The van der Waals surface area contributed by atoms with E-state index in [0.29, 0.717) is 17.9 Å². The highest BCUT2D eigenvalue weighted by atomic mass is 19.1. The zero-order chi connectivity index (χ0) is 17.3. The molecule has 0 radical (unpaired) electrons. The summed E-state index contributed by atoms with van der Waals surface area (Å²) in [4.78, 5) is 12.0. The third-order valence-electron chi connectivity index (χ3n) is 3.99. The molecule has 1 heterocycles. The first-order chi connectivity index (χ1) is 11.6. The number of pyridine rings is 1. The molecule has 0 fully saturated rings. The van der Waals surface area contributed by atoms with Crippen molar-refractivity contribution in [1.29, 1.82) is 0 Å². The van der Waals surface area contributed by atoms with Crippen LogP contribution in [0.2, 0.25) is 0 Å². The number of hydrogen-bond acceptors (Lipinski definition) is 2. The van der Waals surface area contributed by atoms with E-state index in [9.17, 15) is 9.18 Å². The standard InChI is InChI=1S/C19H17F2NO2/c1-3-9-22-10-8-16(23)14-11-15(20)17(18(21)19(14)22)12-4-6-13(24-2)7-5-12/h4-8,10-11H,3,9H2,1-2H3. The van der Waals surface area contributed by atoms with E-state index >= 15 is 4.39 Å². The van der Waals surface area contributed by atoms with E-state index in [1.807, 2.05) is 6.92 Å². The third-order valence-corrected chi connectivity index (χ3v) is 3.99. The molecule has 0 atom stereocenters. The second-order valence-corrected chi connectivity index (χ2v) is 5.55. The monoisotopic (exact) mass is 329 g/mol. The summed E-state index contributed by atoms with van der Waals surface area (Å²) < 4.78 is 36.4. The number of benzene rings is 2. The van der Waals surface area contributed by atoms with Crippen LogP contribution in [-0.4, -0.2) is 11.7 Å². The zero-order valence-electron chi connectivity index (χ0n) is 13.5. The number of fused-ring (bicyclic) bond motifs is 1. The molecule has 0 spiro atoms. The summed E-state index contributed by atoms with van der Waals surface area (Å²) in [7, 11) is 1.52. The predicted octanol–water partition coefficient (Wildman–Crippen LogP) is 4.37. The van der Waals surface area contributed by atoms with Gasteiger partial charge in [0.2, 0.25) is 0 Å². The summed E-state index contributed by atoms with van der Waals surface area (Å²) in [6.07, 6.45) is 2.32. The van der Waals surface area contributed by atoms with E-state index in [1.165, 1.54) is 13.2 Å². The van der Waals surface area contributed by atoms with Crippen molar-refractivity contribution in [3.8, 4) is 16.9 Å². The number of methoxy groups -OCH3 is 1. The molecule has 0 aliphatic heterocycles. The molecule has 0 saturated carbocycles. The molecule has 124 valence electrons. The highest BCUT2D eigenvalue weighted by Crippen LogP contribution is 2.32. The molecule has 1 aromatic heterocycles. The van der Waals surface area contributed by atoms with Crippen molar-refractivity contribution >= 4 is 10.9 Å². The summed E-state index contributed by atoms with van der Waals surface area (Å²) in [5, 5.41) is 0.0539. The highest BCUT2D eigenvalue weighted by molar-refractivity contribution is 5.86. The molecule has 0 aliphatic rings. The van der Waals surface area contributed by atoms with Crippen molar-refractivity contribution in [3.63, 3.8) is 0 Å². The smallest absolute Gasteiger partial charge is 0.189 e. The molecule has 0 unspecified atom stereocenters. The van der Waals surface area contributed by atoms with E-state index in [1.54, 1.807) is 35.0 Å². The Balaban J connectivity index is 2.32. The summed E-state index contributed by atoms with van der Waals surface area (Å²) in [6.45, 7) is 2.50. The first-order valence-corrected chi connectivity index (χ1v) is 7.72. The van der Waals surface area contributed by atoms with Gasteiger partial charge in [-0.25, -0.2) is 8.78 Å². The minimum atomic E-state index is -0.753. The van der Waals surface area contributed by atoms with Crippen LogP contribution in [0.15, 0.2) is 47.4 Å². The van der Waals surface area contributed by atoms with Crippen LogP contribution in [0.25, 0.3) is 22.0 Å². The first kappa shape index (κ1) is 16.2. The Kier molecular flexibility index (Phi) is 4.34. The highest BCUT2D eigenvalue weighted by Gasteiger charge is 2.19. The lowest BCUT2D eigenvalue weighted by molar-refractivity contribution is 0.415. The molecule has 0 bridgehead atoms. The van der Waals surface area contributed by atoms with Crippen LogP contribution in [-0.2, 0) is 6.54 Å². The number of ether oxygens (including phenoxy) is 1. The SMILES string of the molecule is CCCn1ccc(=O)c2cc(F)c(-c3ccc(OC)cc3)c(F)c21. The minimum Gasteiger partial charge on any atom is -0.497 e. The maximum absolute atomic E-state index is 15.1. The fourth-order valence-electron chi connectivity index (χ4n) is 2.85. The van der Waals surface area contributed by atoms with Crippen molar-refractivity contribution in [2.45, 2.75) is 19.9 Å². The van der Waals surface area contributed by atoms with Gasteiger partial charge in [0.05, 0.1) is 23.6 Å². The summed E-state index contributed by atoms with van der Waals surface area (Å²) in [6, 6.07) is 8.93. The molecule has 3 rings (SSSR count). The molecule has 2 aromatic carbocycles. The maximum Gasteiger partial charge on any atom is 0.189 e. The maximum atomic E-state index is 15.1. The predicted molar refractivity (Wildman–Crippen MR) is 90.4 cm³/mol. The van der Waals surface area contributed by atoms with Crippen LogP contribution < -0.4 is 10.2 Å². The van der Waals surface area contributed by atoms with Crippen molar-refractivity contribution in [2.75, 3.05) is 7.11 Å². The number of aryl methyl sites for hydroxylation is 1. The van der Waals surface area contributed by atoms with Gasteiger partial charge < -0.3 is 9.30 Å². The van der Waals surface area contributed by atoms with Crippen LogP contribution in [0.5, 0.6) is 5.75 Å². The molecule has 24 heavy (non-hydrogen) atoms. The molecule has 5 heteroatoms. The largest absolute Gasteiger partial charge is 0.497 e. The van der Waals surface area contributed by atoms with E-state index in [-0.39, 0.29) is 16.5 Å². The van der Waals surface area contributed by atoms with E-state index < -0.39 is 17.1 Å². The van der Waals surface area contributed by atoms with Crippen LogP contribution in [0.1, 0.15) is 13.3 Å². The number of nitrogens with zero attached hydrogens (tertiary/aromatic N) is 1. The average molecular weight is 329 g/mol. The fraction of sp³-hybridized carbons (Fsp3) is 0.211. The molecular formula is C19H17F2NO2. The van der Waals surface area contributed by atoms with Gasteiger partial charge in [0.15, 0.2) is 11.2 Å². The Bertz CT molecular complexity index is 946. The molecule has 3 aromatic rings. The normalized spacial score (nSPS) is 11.0. The Labute approximate surface area is 138 Å². The molecule has 0 N–H and O–H groups in total. The van der Waals surface area contributed by atoms with Gasteiger partial charge in [0, 0.05) is 18.8 Å². The van der Waals surface area contributed by atoms with Gasteiger partial charge in [0.25, 0.3) is 0 Å². The quantitative estimate of drug-likeness (QED) is 0.712. The van der Waals surface area contributed by atoms with Gasteiger partial charge in [-0.2, -0.15) is 0 Å². The number of aromatic nitrogens is 1. The summed E-state index contributed by atoms with van der Waals surface area (Å²) >= 11 is 0. The zero-order valence-corrected chi connectivity index (χ0v) is 13.5. The molecule has 0 aliphatic carbocycles. The lowest BCUT2D eigenvalue weighted by Gasteiger charge is -2.14. The van der Waals surface area contributed by atoms with Gasteiger partial charge in [-0.05, 0) is 30.2 Å². The third kappa shape index (κ3) is 2.66. The van der Waals surface area contributed by atoms with Crippen LogP contribution >= 0.6 is 0 Å². The van der Waals surface area contributed by atoms with E-state index in [2.05, 4.69) is 0 Å². The fourth-order valence-corrected chi connectivity index (χ4v) is 2.85. The van der Waals surface area contributed by atoms with E-state index in [0.717, 1.165) is 12.5 Å². The lowest BCUT2D eigenvalue weighted by atomic mass is 10.0. The minimum absolute atomic E-state index is 0.0539. The van der Waals surface area contributed by atoms with Crippen LogP contribution in [0.4, 0.5) is 8.78 Å². The van der Waals surface area contributed by atoms with Gasteiger partial charge >= 0.3 is 0 Å². The summed E-state index contributed by atoms with van der Waals surface area (Å²) in [5.41, 5.74) is 0.000610. The number of hydrogen-bond donors (Lipinski definition) is 0. The van der Waals surface area contributed by atoms with Crippen molar-refractivity contribution in [2.24, 2.45) is 0 Å². The number of rotatable bonds is 4. The Morgan fingerprint density at radius 3 is 2.46 bits per heavy atom. The summed E-state index contributed by atoms with van der Waals surface area (Å²) in [5.74, 6) is -0.874.